The van der Waals surface area contributed by atoms with Crippen molar-refractivity contribution in [3.63, 3.8) is 0 Å². The molecule has 0 unspecified atom stereocenters. The number of carbonyl (C=O) groups is 3. The van der Waals surface area contributed by atoms with Crippen LogP contribution in [-0.2, 0) is 14.4 Å². The molecule has 6 nitrogen and oxygen atoms in total. The summed E-state index contributed by atoms with van der Waals surface area (Å²) in [5.74, 6) is -1.74. The van der Waals surface area contributed by atoms with Crippen molar-refractivity contribution in [1.29, 1.82) is 0 Å². The number of aliphatic carboxylic acids is 1. The molecule has 2 amide bonds. The van der Waals surface area contributed by atoms with Crippen molar-refractivity contribution in [3.8, 4) is 0 Å². The zero-order valence-electron chi connectivity index (χ0n) is 10.6. The smallest absolute Gasteiger partial charge is 0.329 e. The van der Waals surface area contributed by atoms with Gasteiger partial charge in [-0.15, -0.1) is 0 Å². The fourth-order valence-corrected chi connectivity index (χ4v) is 2.24. The van der Waals surface area contributed by atoms with Gasteiger partial charge in [-0.05, 0) is 12.8 Å². The van der Waals surface area contributed by atoms with Crippen molar-refractivity contribution < 1.29 is 19.5 Å². The average molecular weight is 256 g/mol. The van der Waals surface area contributed by atoms with Crippen molar-refractivity contribution in [2.24, 2.45) is 0 Å². The minimum absolute atomic E-state index is 0.176. The maximum atomic E-state index is 11.6. The maximum absolute atomic E-state index is 11.6. The Hall–Kier alpha value is -1.59. The van der Waals surface area contributed by atoms with E-state index in [1.165, 1.54) is 6.92 Å². The fourth-order valence-electron chi connectivity index (χ4n) is 2.24. The van der Waals surface area contributed by atoms with Crippen LogP contribution in [0.15, 0.2) is 0 Å². The highest BCUT2D eigenvalue weighted by Crippen LogP contribution is 2.27. The van der Waals surface area contributed by atoms with Crippen LogP contribution in [0.1, 0.15) is 45.4 Å². The first-order chi connectivity index (χ1) is 8.46. The Balaban J connectivity index is 2.64. The lowest BCUT2D eigenvalue weighted by atomic mass is 9.90. The summed E-state index contributed by atoms with van der Waals surface area (Å²) in [6.07, 6.45) is 4.49. The van der Waals surface area contributed by atoms with Gasteiger partial charge >= 0.3 is 5.97 Å². The molecule has 1 rings (SSSR count). The van der Waals surface area contributed by atoms with Crippen LogP contribution >= 0.6 is 0 Å². The lowest BCUT2D eigenvalue weighted by Gasteiger charge is -2.29. The molecule has 0 saturated heterocycles. The molecule has 1 aliphatic carbocycles. The molecule has 0 bridgehead atoms. The Kier molecular flexibility index (Phi) is 5.12. The lowest BCUT2D eigenvalue weighted by Crippen LogP contribution is -2.56. The number of amides is 2. The van der Waals surface area contributed by atoms with Crippen molar-refractivity contribution in [2.75, 3.05) is 6.54 Å². The van der Waals surface area contributed by atoms with E-state index < -0.39 is 17.4 Å². The predicted octanol–water partition coefficient (Wildman–Crippen LogP) is 0.416. The van der Waals surface area contributed by atoms with E-state index in [-0.39, 0.29) is 12.5 Å². The molecular weight excluding hydrogens is 236 g/mol. The Labute approximate surface area is 106 Å². The molecule has 1 aliphatic rings. The average Bonchev–Trinajstić information content (AvgIpc) is 2.53. The molecule has 102 valence electrons. The van der Waals surface area contributed by atoms with Crippen LogP contribution < -0.4 is 10.6 Å². The minimum atomic E-state index is -1.16. The van der Waals surface area contributed by atoms with Gasteiger partial charge in [0.25, 0.3) is 0 Å². The molecule has 6 heteroatoms. The monoisotopic (exact) mass is 256 g/mol. The van der Waals surface area contributed by atoms with Crippen molar-refractivity contribution in [3.05, 3.63) is 0 Å². The molecule has 0 aromatic heterocycles. The first-order valence-electron chi connectivity index (χ1n) is 6.25. The highest BCUT2D eigenvalue weighted by atomic mass is 16.4. The van der Waals surface area contributed by atoms with E-state index in [1.54, 1.807) is 0 Å². The highest BCUT2D eigenvalue weighted by molar-refractivity contribution is 5.89. The topological polar surface area (TPSA) is 95.5 Å². The quantitative estimate of drug-likeness (QED) is 0.635. The van der Waals surface area contributed by atoms with E-state index in [1.807, 2.05) is 0 Å². The first-order valence-corrected chi connectivity index (χ1v) is 6.25. The molecule has 1 fully saturated rings. The number of rotatable bonds is 4. The summed E-state index contributed by atoms with van der Waals surface area (Å²) >= 11 is 0. The minimum Gasteiger partial charge on any atom is -0.480 e. The predicted molar refractivity (Wildman–Crippen MR) is 64.9 cm³/mol. The normalized spacial score (nSPS) is 18.5. The van der Waals surface area contributed by atoms with Gasteiger partial charge in [-0.2, -0.15) is 0 Å². The number of hydrogen-bond donors (Lipinski definition) is 3. The molecule has 3 N–H and O–H groups in total. The second-order valence-electron chi connectivity index (χ2n) is 4.76. The summed E-state index contributed by atoms with van der Waals surface area (Å²) in [6.45, 7) is 1.14. The summed E-state index contributed by atoms with van der Waals surface area (Å²) in [7, 11) is 0. The summed E-state index contributed by atoms with van der Waals surface area (Å²) in [4.78, 5) is 33.8. The standard InChI is InChI=1S/C12H20N2O4/c1-9(15)13-8-10(16)14-12(11(17)18)6-4-2-3-5-7-12/h2-8H2,1H3,(H,13,15)(H,14,16)(H,17,18). The molecule has 0 heterocycles. The SMILES string of the molecule is CC(=O)NCC(=O)NC1(C(=O)O)CCCCCC1. The third kappa shape index (κ3) is 4.01. The van der Waals surface area contributed by atoms with Gasteiger partial charge in [0.2, 0.25) is 11.8 Å². The molecule has 0 spiro atoms. The summed E-state index contributed by atoms with van der Waals surface area (Å²) in [5, 5.41) is 14.3. The second-order valence-corrected chi connectivity index (χ2v) is 4.76. The van der Waals surface area contributed by atoms with Gasteiger partial charge < -0.3 is 15.7 Å². The maximum Gasteiger partial charge on any atom is 0.329 e. The fraction of sp³-hybridized carbons (Fsp3) is 0.750. The number of carbonyl (C=O) groups excluding carboxylic acids is 2. The van der Waals surface area contributed by atoms with Gasteiger partial charge in [-0.3, -0.25) is 9.59 Å². The van der Waals surface area contributed by atoms with E-state index in [0.717, 1.165) is 25.7 Å². The molecule has 0 aliphatic heterocycles. The summed E-state index contributed by atoms with van der Waals surface area (Å²) < 4.78 is 0. The van der Waals surface area contributed by atoms with Crippen LogP contribution in [0.3, 0.4) is 0 Å². The molecule has 1 saturated carbocycles. The van der Waals surface area contributed by atoms with E-state index in [0.29, 0.717) is 12.8 Å². The number of nitrogens with one attached hydrogen (secondary N) is 2. The zero-order valence-corrected chi connectivity index (χ0v) is 10.6. The first kappa shape index (κ1) is 14.5. The largest absolute Gasteiger partial charge is 0.480 e. The van der Waals surface area contributed by atoms with Crippen LogP contribution in [0.2, 0.25) is 0 Å². The third-order valence-electron chi connectivity index (χ3n) is 3.24. The van der Waals surface area contributed by atoms with Crippen LogP contribution in [0.25, 0.3) is 0 Å². The van der Waals surface area contributed by atoms with Gasteiger partial charge in [-0.25, -0.2) is 4.79 Å². The van der Waals surface area contributed by atoms with E-state index in [4.69, 9.17) is 0 Å². The Morgan fingerprint density at radius 2 is 1.67 bits per heavy atom. The Morgan fingerprint density at radius 1 is 1.11 bits per heavy atom. The summed E-state index contributed by atoms with van der Waals surface area (Å²) in [5.41, 5.74) is -1.16. The van der Waals surface area contributed by atoms with Crippen LogP contribution in [0.5, 0.6) is 0 Å². The van der Waals surface area contributed by atoms with E-state index in [9.17, 15) is 19.5 Å². The van der Waals surface area contributed by atoms with Gasteiger partial charge in [-0.1, -0.05) is 25.7 Å². The summed E-state index contributed by atoms with van der Waals surface area (Å²) in [6, 6.07) is 0. The number of hydrogen-bond acceptors (Lipinski definition) is 3. The van der Waals surface area contributed by atoms with Crippen LogP contribution in [0.4, 0.5) is 0 Å². The molecule has 0 radical (unpaired) electrons. The van der Waals surface area contributed by atoms with Crippen LogP contribution in [-0.4, -0.2) is 35.0 Å². The second kappa shape index (κ2) is 6.37. The molecule has 0 aromatic rings. The zero-order chi connectivity index (χ0) is 13.6. The van der Waals surface area contributed by atoms with Crippen LogP contribution in [0, 0.1) is 0 Å². The van der Waals surface area contributed by atoms with E-state index >= 15 is 0 Å². The molecule has 0 aromatic carbocycles. The van der Waals surface area contributed by atoms with Gasteiger partial charge in [0.15, 0.2) is 0 Å². The van der Waals surface area contributed by atoms with Gasteiger partial charge in [0, 0.05) is 6.92 Å². The number of carboxylic acid groups (broad SMARTS) is 1. The lowest BCUT2D eigenvalue weighted by molar-refractivity contribution is -0.148. The van der Waals surface area contributed by atoms with E-state index in [2.05, 4.69) is 10.6 Å². The van der Waals surface area contributed by atoms with Crippen molar-refractivity contribution >= 4 is 17.8 Å². The van der Waals surface area contributed by atoms with Crippen molar-refractivity contribution in [2.45, 2.75) is 51.0 Å². The molecule has 18 heavy (non-hydrogen) atoms. The Bertz CT molecular complexity index is 333. The number of carboxylic acids is 1. The van der Waals surface area contributed by atoms with Gasteiger partial charge in [0.05, 0.1) is 6.54 Å². The van der Waals surface area contributed by atoms with Crippen molar-refractivity contribution in [1.82, 2.24) is 10.6 Å². The highest BCUT2D eigenvalue weighted by Gasteiger charge is 2.39. The van der Waals surface area contributed by atoms with Gasteiger partial charge in [0.1, 0.15) is 5.54 Å². The third-order valence-corrected chi connectivity index (χ3v) is 3.24. The molecule has 0 atom stereocenters. The Morgan fingerprint density at radius 3 is 2.11 bits per heavy atom. The molecular formula is C12H20N2O4.